The van der Waals surface area contributed by atoms with Crippen LogP contribution in [0, 0.1) is 17.1 Å². The van der Waals surface area contributed by atoms with Gasteiger partial charge in [-0.05, 0) is 23.8 Å². The average Bonchev–Trinajstić information content (AvgIpc) is 2.76. The van der Waals surface area contributed by atoms with Crippen LogP contribution in [-0.4, -0.2) is 46.0 Å². The number of anilines is 2. The number of benzene rings is 1. The van der Waals surface area contributed by atoms with Gasteiger partial charge in [0.15, 0.2) is 0 Å². The van der Waals surface area contributed by atoms with E-state index in [2.05, 4.69) is 30.8 Å². The van der Waals surface area contributed by atoms with Crippen LogP contribution in [0.25, 0.3) is 11.1 Å². The van der Waals surface area contributed by atoms with Gasteiger partial charge in [-0.2, -0.15) is 5.26 Å². The number of nitrogens with two attached hydrogens (primary N) is 1. The highest BCUT2D eigenvalue weighted by molar-refractivity contribution is 5.84. The van der Waals surface area contributed by atoms with Crippen LogP contribution in [0.1, 0.15) is 11.6 Å². The fraction of sp³-hybridized carbons (Fsp3) is 0.238. The number of pyridine rings is 1. The first-order valence-electron chi connectivity index (χ1n) is 9.32. The summed E-state index contributed by atoms with van der Waals surface area (Å²) in [5, 5.41) is 9.67. The highest BCUT2D eigenvalue weighted by Gasteiger charge is 2.27. The largest absolute Gasteiger partial charge is 0.383 e. The molecule has 8 heteroatoms. The predicted octanol–water partition coefficient (Wildman–Crippen LogP) is 2.65. The second-order valence-electron chi connectivity index (χ2n) is 6.81. The summed E-state index contributed by atoms with van der Waals surface area (Å²) in [6.45, 7) is 2.76. The Labute approximate surface area is 168 Å². The Morgan fingerprint density at radius 3 is 2.48 bits per heavy atom. The minimum atomic E-state index is -0.335. The van der Waals surface area contributed by atoms with Crippen molar-refractivity contribution in [2.75, 3.05) is 36.8 Å². The summed E-state index contributed by atoms with van der Waals surface area (Å²) >= 11 is 0. The van der Waals surface area contributed by atoms with E-state index in [1.54, 1.807) is 24.5 Å². The molecule has 3 aromatic rings. The number of nitriles is 1. The average molecular weight is 389 g/mol. The topological polar surface area (TPSA) is 95.0 Å². The van der Waals surface area contributed by atoms with Crippen molar-refractivity contribution in [2.24, 2.45) is 0 Å². The molecule has 2 aromatic heterocycles. The number of piperazine rings is 1. The molecule has 7 nitrogen and oxygen atoms in total. The molecule has 3 heterocycles. The van der Waals surface area contributed by atoms with Gasteiger partial charge in [0.25, 0.3) is 0 Å². The molecule has 1 unspecified atom stereocenters. The number of rotatable bonds is 4. The number of hydrogen-bond acceptors (Lipinski definition) is 7. The fourth-order valence-corrected chi connectivity index (χ4v) is 3.62. The Bertz CT molecular complexity index is 1010. The molecular weight excluding hydrogens is 369 g/mol. The lowest BCUT2D eigenvalue weighted by Crippen LogP contribution is -2.48. The fourth-order valence-electron chi connectivity index (χ4n) is 3.62. The Kier molecular flexibility index (Phi) is 5.31. The van der Waals surface area contributed by atoms with Crippen LogP contribution in [0.15, 0.2) is 55.1 Å². The monoisotopic (exact) mass is 389 g/mol. The highest BCUT2D eigenvalue weighted by Crippen LogP contribution is 2.34. The lowest BCUT2D eigenvalue weighted by molar-refractivity contribution is 0.221. The maximum Gasteiger partial charge on any atom is 0.142 e. The van der Waals surface area contributed by atoms with E-state index in [1.807, 2.05) is 12.1 Å². The molecule has 1 fully saturated rings. The Morgan fingerprint density at radius 2 is 1.83 bits per heavy atom. The van der Waals surface area contributed by atoms with E-state index >= 15 is 0 Å². The summed E-state index contributed by atoms with van der Waals surface area (Å²) in [6, 6.07) is 12.0. The Balaban J connectivity index is 1.56. The molecule has 1 aromatic carbocycles. The van der Waals surface area contributed by atoms with Crippen molar-refractivity contribution < 1.29 is 4.39 Å². The van der Waals surface area contributed by atoms with Gasteiger partial charge in [-0.25, -0.2) is 14.4 Å². The maximum absolute atomic E-state index is 13.3. The summed E-state index contributed by atoms with van der Waals surface area (Å²) in [5.74, 6) is 0.769. The van der Waals surface area contributed by atoms with Crippen LogP contribution in [0.4, 0.5) is 16.0 Å². The number of nitrogen functional groups attached to an aromatic ring is 1. The molecule has 1 saturated heterocycles. The van der Waals surface area contributed by atoms with Gasteiger partial charge in [0.1, 0.15) is 29.8 Å². The summed E-state index contributed by atoms with van der Waals surface area (Å²) in [7, 11) is 0. The summed E-state index contributed by atoms with van der Waals surface area (Å²) < 4.78 is 13.3. The van der Waals surface area contributed by atoms with Gasteiger partial charge >= 0.3 is 0 Å². The van der Waals surface area contributed by atoms with Crippen molar-refractivity contribution in [2.45, 2.75) is 6.04 Å². The normalized spacial score (nSPS) is 15.7. The number of halogens is 1. The van der Waals surface area contributed by atoms with Crippen molar-refractivity contribution in [3.05, 3.63) is 66.5 Å². The number of hydrogen-bond donors (Lipinski definition) is 1. The zero-order valence-corrected chi connectivity index (χ0v) is 15.7. The van der Waals surface area contributed by atoms with Crippen LogP contribution >= 0.6 is 0 Å². The summed E-state index contributed by atoms with van der Waals surface area (Å²) in [6.07, 6.45) is 4.88. The number of aromatic nitrogens is 3. The molecule has 146 valence electrons. The minimum Gasteiger partial charge on any atom is -0.383 e. The molecule has 0 bridgehead atoms. The van der Waals surface area contributed by atoms with Crippen molar-refractivity contribution >= 4 is 11.6 Å². The molecule has 0 aliphatic carbocycles. The molecule has 0 amide bonds. The smallest absolute Gasteiger partial charge is 0.142 e. The lowest BCUT2D eigenvalue weighted by Gasteiger charge is -2.38. The van der Waals surface area contributed by atoms with E-state index in [4.69, 9.17) is 5.73 Å². The van der Waals surface area contributed by atoms with Crippen LogP contribution in [0.5, 0.6) is 0 Å². The van der Waals surface area contributed by atoms with Gasteiger partial charge in [0, 0.05) is 44.1 Å². The third-order valence-corrected chi connectivity index (χ3v) is 5.09. The molecule has 1 aliphatic rings. The lowest BCUT2D eigenvalue weighted by atomic mass is 10.1. The summed E-state index contributed by atoms with van der Waals surface area (Å²) in [4.78, 5) is 17.0. The third-order valence-electron chi connectivity index (χ3n) is 5.09. The third kappa shape index (κ3) is 3.86. The minimum absolute atomic E-state index is 0.308. The van der Waals surface area contributed by atoms with Gasteiger partial charge in [-0.15, -0.1) is 0 Å². The van der Waals surface area contributed by atoms with E-state index in [1.165, 1.54) is 18.5 Å². The molecular formula is C21H20FN7. The zero-order valence-electron chi connectivity index (χ0n) is 15.7. The van der Waals surface area contributed by atoms with Gasteiger partial charge in [0.05, 0.1) is 11.6 Å². The van der Waals surface area contributed by atoms with E-state index in [0.29, 0.717) is 37.6 Å². The quantitative estimate of drug-likeness (QED) is 0.733. The van der Waals surface area contributed by atoms with Gasteiger partial charge in [-0.1, -0.05) is 18.2 Å². The van der Waals surface area contributed by atoms with Crippen molar-refractivity contribution in [3.8, 4) is 17.2 Å². The molecule has 4 rings (SSSR count). The first-order valence-corrected chi connectivity index (χ1v) is 9.32. The molecule has 0 spiro atoms. The Hall–Kier alpha value is -3.57. The van der Waals surface area contributed by atoms with Gasteiger partial charge in [-0.3, -0.25) is 9.88 Å². The molecule has 2 N–H and O–H groups in total. The van der Waals surface area contributed by atoms with Gasteiger partial charge < -0.3 is 10.6 Å². The van der Waals surface area contributed by atoms with Crippen molar-refractivity contribution in [1.82, 2.24) is 19.9 Å². The standard InChI is InChI=1S/C21H20FN7/c22-17-5-3-15(4-6-17)19-20(24)26-14-27-21(19)29-10-8-28(9-11-29)18(12-23)16-2-1-7-25-13-16/h1-7,13-14,18H,8-11H2,(H2,24,26,27). The van der Waals surface area contributed by atoms with Crippen molar-refractivity contribution in [3.63, 3.8) is 0 Å². The first-order chi connectivity index (χ1) is 14.2. The number of nitrogens with zero attached hydrogens (tertiary/aromatic N) is 6. The van der Waals surface area contributed by atoms with Crippen molar-refractivity contribution in [1.29, 1.82) is 5.26 Å². The van der Waals surface area contributed by atoms with Crippen LogP contribution < -0.4 is 10.6 Å². The van der Waals surface area contributed by atoms with E-state index in [0.717, 1.165) is 16.9 Å². The molecule has 29 heavy (non-hydrogen) atoms. The van der Waals surface area contributed by atoms with Crippen LogP contribution in [0.2, 0.25) is 0 Å². The van der Waals surface area contributed by atoms with Crippen LogP contribution in [0.3, 0.4) is 0 Å². The molecule has 0 radical (unpaired) electrons. The van der Waals surface area contributed by atoms with E-state index in [9.17, 15) is 9.65 Å². The van der Waals surface area contributed by atoms with E-state index < -0.39 is 0 Å². The molecule has 1 aliphatic heterocycles. The van der Waals surface area contributed by atoms with Gasteiger partial charge in [0.2, 0.25) is 0 Å². The summed E-state index contributed by atoms with van der Waals surface area (Å²) in [5.41, 5.74) is 8.50. The second kappa shape index (κ2) is 8.20. The molecule has 0 saturated carbocycles. The van der Waals surface area contributed by atoms with E-state index in [-0.39, 0.29) is 11.9 Å². The SMILES string of the molecule is N#CC(c1cccnc1)N1CCN(c2ncnc(N)c2-c2ccc(F)cc2)CC1. The zero-order chi connectivity index (χ0) is 20.2. The molecule has 1 atom stereocenters. The highest BCUT2D eigenvalue weighted by atomic mass is 19.1. The Morgan fingerprint density at radius 1 is 1.07 bits per heavy atom. The first kappa shape index (κ1) is 18.8. The maximum atomic E-state index is 13.3. The van der Waals surface area contributed by atoms with Crippen LogP contribution in [-0.2, 0) is 0 Å². The second-order valence-corrected chi connectivity index (χ2v) is 6.81. The predicted molar refractivity (Wildman–Crippen MR) is 108 cm³/mol.